The molecule has 0 radical (unpaired) electrons. The van der Waals surface area contributed by atoms with Gasteiger partial charge in [0, 0.05) is 30.6 Å². The highest BCUT2D eigenvalue weighted by atomic mass is 32.2. The third kappa shape index (κ3) is 3.80. The highest BCUT2D eigenvalue weighted by Crippen LogP contribution is 2.22. The number of rotatable bonds is 5. The summed E-state index contributed by atoms with van der Waals surface area (Å²) in [5.74, 6) is 0.554. The molecule has 134 valence electrons. The zero-order chi connectivity index (χ0) is 18.6. The van der Waals surface area contributed by atoms with Crippen molar-refractivity contribution < 1.29 is 0 Å². The monoisotopic (exact) mass is 376 g/mol. The van der Waals surface area contributed by atoms with Crippen LogP contribution < -0.4 is 5.56 Å². The second-order valence-corrected chi connectivity index (χ2v) is 6.78. The van der Waals surface area contributed by atoms with Gasteiger partial charge in [-0.3, -0.25) is 14.3 Å². The van der Waals surface area contributed by atoms with Gasteiger partial charge in [0.25, 0.3) is 5.56 Å². The number of thioether (sulfide) groups is 1. The molecule has 0 amide bonds. The summed E-state index contributed by atoms with van der Waals surface area (Å²) in [4.78, 5) is 21.0. The Kier molecular flexibility index (Phi) is 4.80. The predicted molar refractivity (Wildman–Crippen MR) is 104 cm³/mol. The lowest BCUT2D eigenvalue weighted by molar-refractivity contribution is 0.711. The van der Waals surface area contributed by atoms with E-state index in [0.717, 1.165) is 16.9 Å². The first-order valence-corrected chi connectivity index (χ1v) is 9.27. The summed E-state index contributed by atoms with van der Waals surface area (Å²) in [7, 11) is 1.72. The molecular formula is C19H16N6OS. The lowest BCUT2D eigenvalue weighted by Gasteiger charge is -2.08. The summed E-state index contributed by atoms with van der Waals surface area (Å²) in [5.41, 5.74) is 3.13. The largest absolute Gasteiger partial charge is 0.291 e. The van der Waals surface area contributed by atoms with Crippen LogP contribution in [0.15, 0.2) is 77.1 Å². The molecule has 0 unspecified atom stereocenters. The number of pyridine rings is 1. The maximum atomic E-state index is 12.3. The summed E-state index contributed by atoms with van der Waals surface area (Å²) in [5, 5.41) is 8.95. The Hall–Kier alpha value is -3.26. The second-order valence-electron chi connectivity index (χ2n) is 5.84. The van der Waals surface area contributed by atoms with E-state index in [9.17, 15) is 4.79 Å². The van der Waals surface area contributed by atoms with Crippen molar-refractivity contribution in [1.29, 1.82) is 0 Å². The van der Waals surface area contributed by atoms with E-state index in [1.807, 2.05) is 48.7 Å². The fraction of sp³-hybridized carbons (Fsp3) is 0.105. The van der Waals surface area contributed by atoms with E-state index in [1.54, 1.807) is 34.8 Å². The van der Waals surface area contributed by atoms with E-state index < -0.39 is 0 Å². The van der Waals surface area contributed by atoms with Crippen LogP contribution in [0, 0.1) is 0 Å². The van der Waals surface area contributed by atoms with Gasteiger partial charge in [0.1, 0.15) is 0 Å². The highest BCUT2D eigenvalue weighted by molar-refractivity contribution is 7.98. The number of aromatic nitrogens is 6. The Balaban J connectivity index is 1.56. The SMILES string of the molecule is Cn1c(SCc2cn(-c3cccnc3)nn2)nc(-c2ccccc2)cc1=O. The molecule has 0 bridgehead atoms. The topological polar surface area (TPSA) is 78.5 Å². The van der Waals surface area contributed by atoms with Crippen LogP contribution in [0.2, 0.25) is 0 Å². The zero-order valence-corrected chi connectivity index (χ0v) is 15.4. The van der Waals surface area contributed by atoms with Crippen molar-refractivity contribution in [3.8, 4) is 16.9 Å². The Morgan fingerprint density at radius 3 is 2.74 bits per heavy atom. The summed E-state index contributed by atoms with van der Waals surface area (Å²) < 4.78 is 3.22. The molecule has 0 aliphatic heterocycles. The smallest absolute Gasteiger partial charge is 0.254 e. The Labute approximate surface area is 159 Å². The van der Waals surface area contributed by atoms with Gasteiger partial charge in [0.05, 0.1) is 29.5 Å². The van der Waals surface area contributed by atoms with Crippen LogP contribution in [0.1, 0.15) is 5.69 Å². The molecule has 27 heavy (non-hydrogen) atoms. The molecule has 8 heteroatoms. The normalized spacial score (nSPS) is 10.9. The fourth-order valence-electron chi connectivity index (χ4n) is 2.52. The minimum Gasteiger partial charge on any atom is -0.291 e. The number of nitrogens with zero attached hydrogens (tertiary/aromatic N) is 6. The first-order valence-electron chi connectivity index (χ1n) is 8.28. The molecule has 4 rings (SSSR count). The molecule has 0 saturated carbocycles. The number of hydrogen-bond donors (Lipinski definition) is 0. The average molecular weight is 376 g/mol. The summed E-state index contributed by atoms with van der Waals surface area (Å²) in [6.07, 6.45) is 5.28. The summed E-state index contributed by atoms with van der Waals surface area (Å²) in [6.45, 7) is 0. The second kappa shape index (κ2) is 7.55. The van der Waals surface area contributed by atoms with Gasteiger partial charge in [0.15, 0.2) is 5.16 Å². The van der Waals surface area contributed by atoms with Crippen molar-refractivity contribution in [2.45, 2.75) is 10.9 Å². The van der Waals surface area contributed by atoms with Gasteiger partial charge >= 0.3 is 0 Å². The lowest BCUT2D eigenvalue weighted by atomic mass is 10.1. The van der Waals surface area contributed by atoms with E-state index in [-0.39, 0.29) is 5.56 Å². The molecule has 7 nitrogen and oxygen atoms in total. The maximum absolute atomic E-state index is 12.3. The zero-order valence-electron chi connectivity index (χ0n) is 14.6. The van der Waals surface area contributed by atoms with Crippen molar-refractivity contribution in [3.63, 3.8) is 0 Å². The molecule has 0 atom stereocenters. The van der Waals surface area contributed by atoms with Crippen LogP contribution >= 0.6 is 11.8 Å². The molecule has 1 aromatic carbocycles. The third-order valence-corrected chi connectivity index (χ3v) is 5.03. The Bertz CT molecular complexity index is 1110. The van der Waals surface area contributed by atoms with Crippen LogP contribution in [0.25, 0.3) is 16.9 Å². The van der Waals surface area contributed by atoms with Gasteiger partial charge in [-0.2, -0.15) is 0 Å². The van der Waals surface area contributed by atoms with E-state index >= 15 is 0 Å². The maximum Gasteiger partial charge on any atom is 0.254 e. The highest BCUT2D eigenvalue weighted by Gasteiger charge is 2.10. The molecule has 0 spiro atoms. The van der Waals surface area contributed by atoms with E-state index in [1.165, 1.54) is 11.8 Å². The van der Waals surface area contributed by atoms with Gasteiger partial charge in [-0.15, -0.1) is 5.10 Å². The molecule has 3 aromatic heterocycles. The fourth-order valence-corrected chi connectivity index (χ4v) is 3.38. The van der Waals surface area contributed by atoms with Crippen molar-refractivity contribution in [2.24, 2.45) is 7.05 Å². The predicted octanol–water partition coefficient (Wildman–Crippen LogP) is 2.72. The van der Waals surface area contributed by atoms with Crippen molar-refractivity contribution >= 4 is 11.8 Å². The first-order chi connectivity index (χ1) is 13.2. The van der Waals surface area contributed by atoms with Gasteiger partial charge in [-0.1, -0.05) is 47.3 Å². The minimum absolute atomic E-state index is 0.0923. The van der Waals surface area contributed by atoms with E-state index in [4.69, 9.17) is 0 Å². The Morgan fingerprint density at radius 2 is 1.96 bits per heavy atom. The number of hydrogen-bond acceptors (Lipinski definition) is 6. The summed E-state index contributed by atoms with van der Waals surface area (Å²) in [6, 6.07) is 15.0. The van der Waals surface area contributed by atoms with Crippen LogP contribution in [0.5, 0.6) is 0 Å². The van der Waals surface area contributed by atoms with Crippen molar-refractivity contribution in [2.75, 3.05) is 0 Å². The average Bonchev–Trinajstić information content (AvgIpc) is 3.19. The van der Waals surface area contributed by atoms with Crippen LogP contribution in [0.4, 0.5) is 0 Å². The quantitative estimate of drug-likeness (QED) is 0.394. The van der Waals surface area contributed by atoms with Gasteiger partial charge in [0.2, 0.25) is 0 Å². The van der Waals surface area contributed by atoms with Crippen LogP contribution in [-0.4, -0.2) is 29.5 Å². The number of benzene rings is 1. The third-order valence-electron chi connectivity index (χ3n) is 3.96. The molecule has 0 N–H and O–H groups in total. The lowest BCUT2D eigenvalue weighted by Crippen LogP contribution is -2.19. The standard InChI is InChI=1S/C19H16N6OS/c1-24-18(26)10-17(14-6-3-2-4-7-14)21-19(24)27-13-15-12-25(23-22-15)16-8-5-9-20-11-16/h2-12H,13H2,1H3. The van der Waals surface area contributed by atoms with E-state index in [0.29, 0.717) is 16.6 Å². The molecule has 0 fully saturated rings. The van der Waals surface area contributed by atoms with Crippen molar-refractivity contribution in [1.82, 2.24) is 29.5 Å². The van der Waals surface area contributed by atoms with Crippen molar-refractivity contribution in [3.05, 3.63) is 83.2 Å². The molecule has 0 saturated heterocycles. The first kappa shape index (κ1) is 17.2. The molecule has 0 aliphatic rings. The molecule has 3 heterocycles. The summed E-state index contributed by atoms with van der Waals surface area (Å²) >= 11 is 1.45. The van der Waals surface area contributed by atoms with Gasteiger partial charge < -0.3 is 0 Å². The van der Waals surface area contributed by atoms with E-state index in [2.05, 4.69) is 20.3 Å². The van der Waals surface area contributed by atoms with Crippen LogP contribution in [-0.2, 0) is 12.8 Å². The molecule has 4 aromatic rings. The molecular weight excluding hydrogens is 360 g/mol. The Morgan fingerprint density at radius 1 is 1.11 bits per heavy atom. The van der Waals surface area contributed by atoms with Gasteiger partial charge in [-0.25, -0.2) is 9.67 Å². The minimum atomic E-state index is -0.0923. The molecule has 0 aliphatic carbocycles. The van der Waals surface area contributed by atoms with Gasteiger partial charge in [-0.05, 0) is 12.1 Å². The van der Waals surface area contributed by atoms with Crippen LogP contribution in [0.3, 0.4) is 0 Å².